The van der Waals surface area contributed by atoms with Crippen LogP contribution in [-0.2, 0) is 10.1 Å². The van der Waals surface area contributed by atoms with E-state index >= 15 is 0 Å². The molecule has 0 saturated heterocycles. The van der Waals surface area contributed by atoms with Crippen LogP contribution < -0.4 is 56.1 Å². The molecule has 1 N–H and O–H groups in total. The van der Waals surface area contributed by atoms with E-state index in [0.717, 1.165) is 12.8 Å². The number of ether oxygens (including phenoxy) is 1. The number of benzene rings is 1. The average Bonchev–Trinajstić information content (AvgIpc) is 2.70. The maximum Gasteiger partial charge on any atom is 1.00 e. The summed E-state index contributed by atoms with van der Waals surface area (Å²) < 4.78 is 36.5. The smallest absolute Gasteiger partial charge is 1.00 e. The summed E-state index contributed by atoms with van der Waals surface area (Å²) in [7, 11) is -4.13. The molecule has 0 fully saturated rings. The second-order valence-corrected chi connectivity index (χ2v) is 9.15. The van der Waals surface area contributed by atoms with Crippen molar-refractivity contribution in [2.45, 2.75) is 102 Å². The molecule has 6 heteroatoms. The Morgan fingerprint density at radius 2 is 1.27 bits per heavy atom. The molecule has 4 nitrogen and oxygen atoms in total. The Morgan fingerprint density at radius 3 is 1.77 bits per heavy atom. The molecule has 1 aromatic carbocycles. The van der Waals surface area contributed by atoms with E-state index in [9.17, 15) is 8.42 Å². The van der Waals surface area contributed by atoms with Gasteiger partial charge in [0.2, 0.25) is 0 Å². The van der Waals surface area contributed by atoms with E-state index < -0.39 is 10.1 Å². The fourth-order valence-corrected chi connectivity index (χ4v) is 3.73. The van der Waals surface area contributed by atoms with E-state index in [-0.39, 0.29) is 57.7 Å². The third-order valence-electron chi connectivity index (χ3n) is 5.05. The van der Waals surface area contributed by atoms with Gasteiger partial charge < -0.3 is 6.16 Å². The number of allylic oxidation sites excluding steroid dienone is 2. The molecule has 1 rings (SSSR count). The molecular formula is C24H41KO4S. The van der Waals surface area contributed by atoms with Gasteiger partial charge in [-0.3, -0.25) is 4.55 Å². The molecule has 0 aliphatic heterocycles. The maximum atomic E-state index is 11.0. The van der Waals surface area contributed by atoms with Crippen molar-refractivity contribution in [1.29, 1.82) is 0 Å². The van der Waals surface area contributed by atoms with Gasteiger partial charge in [-0.1, -0.05) is 76.9 Å². The van der Waals surface area contributed by atoms with Crippen LogP contribution in [0.4, 0.5) is 0 Å². The fraction of sp³-hybridized carbons (Fsp3) is 0.667. The fourth-order valence-electron chi connectivity index (χ4n) is 3.25. The van der Waals surface area contributed by atoms with Crippen LogP contribution in [0.1, 0.15) is 98.2 Å². The third kappa shape index (κ3) is 16.9. The number of hydrogen-bond donors (Lipinski definition) is 1. The predicted molar refractivity (Wildman–Crippen MR) is 122 cm³/mol. The molecule has 0 heterocycles. The molecule has 0 unspecified atom stereocenters. The van der Waals surface area contributed by atoms with E-state index in [4.69, 9.17) is 9.29 Å². The van der Waals surface area contributed by atoms with Crippen LogP contribution in [0.2, 0.25) is 0 Å². The average molecular weight is 465 g/mol. The zero-order valence-corrected chi connectivity index (χ0v) is 23.1. The van der Waals surface area contributed by atoms with Crippen LogP contribution in [0, 0.1) is 0 Å². The minimum absolute atomic E-state index is 0. The van der Waals surface area contributed by atoms with Crippen LogP contribution >= 0.6 is 0 Å². The molecule has 0 saturated carbocycles. The van der Waals surface area contributed by atoms with Crippen molar-refractivity contribution in [3.05, 3.63) is 36.4 Å². The van der Waals surface area contributed by atoms with Crippen molar-refractivity contribution in [2.75, 3.05) is 6.61 Å². The van der Waals surface area contributed by atoms with Gasteiger partial charge in [-0.15, -0.1) is 0 Å². The van der Waals surface area contributed by atoms with Crippen LogP contribution in [-0.4, -0.2) is 19.6 Å². The Balaban J connectivity index is 0. The first kappa shape index (κ1) is 30.3. The zero-order chi connectivity index (χ0) is 21.2. The Labute approximate surface area is 228 Å². The minimum Gasteiger partial charge on any atom is -1.00 e. The first-order chi connectivity index (χ1) is 14.0. The maximum absolute atomic E-state index is 11.0. The summed E-state index contributed by atoms with van der Waals surface area (Å²) >= 11 is 0. The van der Waals surface area contributed by atoms with Gasteiger partial charge in [0.25, 0.3) is 10.1 Å². The third-order valence-corrected chi connectivity index (χ3v) is 5.91. The SMILES string of the molecule is CCCCCCCC/C=C\CCCCCCCCOc1ccc(S(=O)(=O)O)cc1.[H-].[K+]. The molecular weight excluding hydrogens is 423 g/mol. The van der Waals surface area contributed by atoms with Crippen molar-refractivity contribution in [3.63, 3.8) is 0 Å². The van der Waals surface area contributed by atoms with Crippen molar-refractivity contribution in [1.82, 2.24) is 0 Å². The summed E-state index contributed by atoms with van der Waals surface area (Å²) in [5.41, 5.74) is 0. The quantitative estimate of drug-likeness (QED) is 0.151. The number of unbranched alkanes of at least 4 members (excludes halogenated alkanes) is 12. The second kappa shape index (κ2) is 20.0. The molecule has 0 spiro atoms. The Kier molecular flexibility index (Phi) is 20.2. The van der Waals surface area contributed by atoms with E-state index in [0.29, 0.717) is 12.4 Å². The molecule has 0 amide bonds. The van der Waals surface area contributed by atoms with Gasteiger partial charge in [-0.25, -0.2) is 0 Å². The van der Waals surface area contributed by atoms with Crippen LogP contribution in [0.3, 0.4) is 0 Å². The zero-order valence-electron chi connectivity index (χ0n) is 20.2. The van der Waals surface area contributed by atoms with E-state index in [1.54, 1.807) is 12.1 Å². The first-order valence-corrected chi connectivity index (χ1v) is 12.8. The minimum atomic E-state index is -4.13. The molecule has 0 atom stereocenters. The molecule has 0 aliphatic carbocycles. The van der Waals surface area contributed by atoms with Gasteiger partial charge in [0.15, 0.2) is 0 Å². The molecule has 0 aromatic heterocycles. The van der Waals surface area contributed by atoms with Crippen molar-refractivity contribution >= 4 is 10.1 Å². The summed E-state index contributed by atoms with van der Waals surface area (Å²) in [6.07, 6.45) is 22.6. The molecule has 168 valence electrons. The van der Waals surface area contributed by atoms with E-state index in [2.05, 4.69) is 19.1 Å². The van der Waals surface area contributed by atoms with Crippen LogP contribution in [0.15, 0.2) is 41.3 Å². The van der Waals surface area contributed by atoms with Gasteiger partial charge in [-0.2, -0.15) is 8.42 Å². The van der Waals surface area contributed by atoms with Crippen LogP contribution in [0.5, 0.6) is 5.75 Å². The van der Waals surface area contributed by atoms with Crippen LogP contribution in [0.25, 0.3) is 0 Å². The van der Waals surface area contributed by atoms with Gasteiger partial charge in [-0.05, 0) is 56.4 Å². The van der Waals surface area contributed by atoms with E-state index in [1.165, 1.54) is 89.2 Å². The molecule has 0 radical (unpaired) electrons. The second-order valence-electron chi connectivity index (χ2n) is 7.73. The summed E-state index contributed by atoms with van der Waals surface area (Å²) in [5.74, 6) is 0.630. The molecule has 1 aromatic rings. The Hall–Kier alpha value is 0.306. The standard InChI is InChI=1S/C24H40O4S.K.H/c1-2-3-4-5-6-7-8-9-10-11-12-13-14-15-16-17-22-28-23-18-20-24(21-19-23)29(25,26)27;;/h9-10,18-21H,2-8,11-17,22H2,1H3,(H,25,26,27);;/q;+1;-1/b10-9-;;. The van der Waals surface area contributed by atoms with Crippen molar-refractivity contribution in [2.24, 2.45) is 0 Å². The van der Waals surface area contributed by atoms with Gasteiger partial charge in [0.05, 0.1) is 11.5 Å². The normalized spacial score (nSPS) is 11.5. The predicted octanol–water partition coefficient (Wildman–Crippen LogP) is 4.47. The summed E-state index contributed by atoms with van der Waals surface area (Å²) in [6, 6.07) is 5.85. The van der Waals surface area contributed by atoms with E-state index in [1.807, 2.05) is 0 Å². The molecule has 30 heavy (non-hydrogen) atoms. The summed E-state index contributed by atoms with van der Waals surface area (Å²) in [5, 5.41) is 0. The topological polar surface area (TPSA) is 63.6 Å². The van der Waals surface area contributed by atoms with Gasteiger partial charge >= 0.3 is 51.4 Å². The largest absolute Gasteiger partial charge is 1.00 e. The Bertz CT molecular complexity index is 648. The summed E-state index contributed by atoms with van der Waals surface area (Å²) in [6.45, 7) is 2.89. The van der Waals surface area contributed by atoms with Crippen molar-refractivity contribution in [3.8, 4) is 5.75 Å². The first-order valence-electron chi connectivity index (χ1n) is 11.4. The monoisotopic (exact) mass is 464 g/mol. The molecule has 0 bridgehead atoms. The van der Waals surface area contributed by atoms with Gasteiger partial charge in [0.1, 0.15) is 5.75 Å². The Morgan fingerprint density at radius 1 is 0.800 bits per heavy atom. The summed E-state index contributed by atoms with van der Waals surface area (Å²) in [4.78, 5) is -0.109. The number of hydrogen-bond acceptors (Lipinski definition) is 3. The van der Waals surface area contributed by atoms with Crippen molar-refractivity contribution < 1.29 is 70.5 Å². The number of rotatable bonds is 18. The van der Waals surface area contributed by atoms with Gasteiger partial charge in [0, 0.05) is 0 Å². The molecule has 0 aliphatic rings.